The molecule has 0 aliphatic rings. The fourth-order valence-electron chi connectivity index (χ4n) is 1.19. The van der Waals surface area contributed by atoms with E-state index in [9.17, 15) is 9.59 Å². The molecule has 0 aliphatic carbocycles. The van der Waals surface area contributed by atoms with Crippen LogP contribution in [0.2, 0.25) is 0 Å². The quantitative estimate of drug-likeness (QED) is 0.640. The van der Waals surface area contributed by atoms with Gasteiger partial charge in [-0.05, 0) is 6.42 Å². The second-order valence-corrected chi connectivity index (χ2v) is 3.62. The molecule has 1 heterocycles. The van der Waals surface area contributed by atoms with Gasteiger partial charge in [-0.2, -0.15) is 0 Å². The molecule has 0 amide bonds. The summed E-state index contributed by atoms with van der Waals surface area (Å²) in [5, 5.41) is 2.99. The Hall–Kier alpha value is -0.940. The van der Waals surface area contributed by atoms with Crippen molar-refractivity contribution in [3.8, 4) is 0 Å². The Morgan fingerprint density at radius 3 is 2.50 bits per heavy atom. The molecule has 1 N–H and O–H groups in total. The van der Waals surface area contributed by atoms with Crippen molar-refractivity contribution in [3.05, 3.63) is 26.9 Å². The van der Waals surface area contributed by atoms with E-state index in [0.29, 0.717) is 18.2 Å². The molecule has 1 aromatic rings. The maximum atomic E-state index is 11.5. The van der Waals surface area contributed by atoms with Crippen LogP contribution in [0.4, 0.5) is 5.82 Å². The van der Waals surface area contributed by atoms with Crippen LogP contribution in [0.25, 0.3) is 0 Å². The summed E-state index contributed by atoms with van der Waals surface area (Å²) in [4.78, 5) is 22.8. The van der Waals surface area contributed by atoms with Crippen molar-refractivity contribution in [1.82, 2.24) is 9.13 Å². The molecule has 16 heavy (non-hydrogen) atoms. The van der Waals surface area contributed by atoms with Crippen molar-refractivity contribution < 1.29 is 0 Å². The summed E-state index contributed by atoms with van der Waals surface area (Å²) in [7, 11) is 3.07. The first-order valence-corrected chi connectivity index (χ1v) is 5.18. The molecular formula is C9H15Cl2N3O2. The second kappa shape index (κ2) is 6.60. The third kappa shape index (κ3) is 3.28. The predicted octanol–water partition coefficient (Wildman–Crippen LogP) is 0.547. The number of rotatable bonds is 4. The van der Waals surface area contributed by atoms with E-state index in [0.717, 1.165) is 11.0 Å². The molecule has 0 saturated carbocycles. The highest BCUT2D eigenvalue weighted by molar-refractivity contribution is 6.17. The number of alkyl halides is 1. The first kappa shape index (κ1) is 15.1. The van der Waals surface area contributed by atoms with Gasteiger partial charge in [0, 0.05) is 32.6 Å². The van der Waals surface area contributed by atoms with Crippen molar-refractivity contribution in [3.63, 3.8) is 0 Å². The van der Waals surface area contributed by atoms with Crippen molar-refractivity contribution in [2.75, 3.05) is 17.7 Å². The molecule has 0 saturated heterocycles. The highest BCUT2D eigenvalue weighted by atomic mass is 35.5. The Balaban J connectivity index is 0.00000225. The number of nitrogens with one attached hydrogen (secondary N) is 1. The van der Waals surface area contributed by atoms with E-state index in [-0.39, 0.29) is 23.7 Å². The van der Waals surface area contributed by atoms with Gasteiger partial charge < -0.3 is 5.32 Å². The summed E-state index contributed by atoms with van der Waals surface area (Å²) in [6, 6.07) is 1.40. The number of anilines is 1. The summed E-state index contributed by atoms with van der Waals surface area (Å²) in [6.07, 6.45) is 0.783. The van der Waals surface area contributed by atoms with E-state index in [4.69, 9.17) is 11.6 Å². The molecule has 7 heteroatoms. The zero-order valence-electron chi connectivity index (χ0n) is 9.20. The summed E-state index contributed by atoms with van der Waals surface area (Å²) in [5.74, 6) is 1.07. The van der Waals surface area contributed by atoms with Crippen LogP contribution in [0, 0.1) is 0 Å². The number of nitrogens with zero attached hydrogens (tertiary/aromatic N) is 2. The van der Waals surface area contributed by atoms with Crippen LogP contribution in [-0.2, 0) is 14.1 Å². The maximum absolute atomic E-state index is 11.5. The van der Waals surface area contributed by atoms with Crippen LogP contribution in [0.3, 0.4) is 0 Å². The van der Waals surface area contributed by atoms with Crippen LogP contribution in [0.5, 0.6) is 0 Å². The SMILES string of the molecule is Cl.Cn1c(NCCCCl)cc(=O)n(C)c1=O. The van der Waals surface area contributed by atoms with Crippen LogP contribution in [-0.4, -0.2) is 21.6 Å². The Labute approximate surface area is 104 Å². The lowest BCUT2D eigenvalue weighted by atomic mass is 10.4. The van der Waals surface area contributed by atoms with Crippen LogP contribution < -0.4 is 16.6 Å². The van der Waals surface area contributed by atoms with Crippen LogP contribution in [0.15, 0.2) is 15.7 Å². The lowest BCUT2D eigenvalue weighted by Gasteiger charge is -2.10. The van der Waals surface area contributed by atoms with Crippen molar-refractivity contribution in [2.24, 2.45) is 14.1 Å². The van der Waals surface area contributed by atoms with Gasteiger partial charge in [-0.3, -0.25) is 13.9 Å². The number of halogens is 2. The first-order valence-electron chi connectivity index (χ1n) is 4.65. The van der Waals surface area contributed by atoms with Gasteiger partial charge in [0.15, 0.2) is 0 Å². The Morgan fingerprint density at radius 1 is 1.31 bits per heavy atom. The summed E-state index contributed by atoms with van der Waals surface area (Å²) in [5.41, 5.74) is -0.651. The van der Waals surface area contributed by atoms with E-state index in [2.05, 4.69) is 5.32 Å². The largest absolute Gasteiger partial charge is 0.371 e. The Morgan fingerprint density at radius 2 is 1.94 bits per heavy atom. The highest BCUT2D eigenvalue weighted by Gasteiger charge is 2.04. The molecule has 0 radical (unpaired) electrons. The van der Waals surface area contributed by atoms with Gasteiger partial charge in [-0.1, -0.05) is 0 Å². The van der Waals surface area contributed by atoms with Gasteiger partial charge in [0.2, 0.25) is 0 Å². The molecule has 1 aromatic heterocycles. The topological polar surface area (TPSA) is 56.0 Å². The zero-order chi connectivity index (χ0) is 11.4. The average Bonchev–Trinajstić information content (AvgIpc) is 2.23. The molecule has 1 rings (SSSR count). The van der Waals surface area contributed by atoms with E-state index < -0.39 is 0 Å². The molecular weight excluding hydrogens is 253 g/mol. The fraction of sp³-hybridized carbons (Fsp3) is 0.556. The fourth-order valence-corrected chi connectivity index (χ4v) is 1.32. The highest BCUT2D eigenvalue weighted by Crippen LogP contribution is 1.98. The van der Waals surface area contributed by atoms with Crippen molar-refractivity contribution >= 4 is 29.8 Å². The van der Waals surface area contributed by atoms with Crippen molar-refractivity contribution in [1.29, 1.82) is 0 Å². The maximum Gasteiger partial charge on any atom is 0.332 e. The summed E-state index contributed by atoms with van der Waals surface area (Å²) in [6.45, 7) is 0.643. The molecule has 0 fully saturated rings. The molecule has 0 bridgehead atoms. The minimum absolute atomic E-state index is 0. The van der Waals surface area contributed by atoms with E-state index in [1.165, 1.54) is 17.7 Å². The Kier molecular flexibility index (Phi) is 6.21. The van der Waals surface area contributed by atoms with E-state index in [1.54, 1.807) is 7.05 Å². The molecule has 0 unspecified atom stereocenters. The minimum Gasteiger partial charge on any atom is -0.371 e. The third-order valence-electron chi connectivity index (χ3n) is 2.14. The molecule has 0 aromatic carbocycles. The number of aromatic nitrogens is 2. The predicted molar refractivity (Wildman–Crippen MR) is 68.0 cm³/mol. The van der Waals surface area contributed by atoms with Crippen LogP contribution >= 0.6 is 24.0 Å². The smallest absolute Gasteiger partial charge is 0.332 e. The van der Waals surface area contributed by atoms with Crippen molar-refractivity contribution in [2.45, 2.75) is 6.42 Å². The second-order valence-electron chi connectivity index (χ2n) is 3.24. The lowest BCUT2D eigenvalue weighted by molar-refractivity contribution is 0.688. The average molecular weight is 268 g/mol. The molecule has 0 atom stereocenters. The third-order valence-corrected chi connectivity index (χ3v) is 2.41. The monoisotopic (exact) mass is 267 g/mol. The van der Waals surface area contributed by atoms with Gasteiger partial charge in [-0.25, -0.2) is 4.79 Å². The zero-order valence-corrected chi connectivity index (χ0v) is 10.8. The number of hydrogen-bond donors (Lipinski definition) is 1. The van der Waals surface area contributed by atoms with Crippen LogP contribution in [0.1, 0.15) is 6.42 Å². The van der Waals surface area contributed by atoms with Gasteiger partial charge in [0.05, 0.1) is 0 Å². The van der Waals surface area contributed by atoms with Gasteiger partial charge >= 0.3 is 5.69 Å². The standard InChI is InChI=1S/C9H14ClN3O2.ClH/c1-12-7(11-5-3-4-10)6-8(14)13(2)9(12)15;/h6,11H,3-5H2,1-2H3;1H. The van der Waals surface area contributed by atoms with Gasteiger partial charge in [0.25, 0.3) is 5.56 Å². The minimum atomic E-state index is -0.337. The molecule has 92 valence electrons. The van der Waals surface area contributed by atoms with E-state index in [1.807, 2.05) is 0 Å². The molecule has 5 nitrogen and oxygen atoms in total. The first-order chi connectivity index (χ1) is 7.07. The van der Waals surface area contributed by atoms with Gasteiger partial charge in [-0.15, -0.1) is 24.0 Å². The molecule has 0 aliphatic heterocycles. The Bertz CT molecular complexity index is 453. The normalized spacial score (nSPS) is 9.69. The van der Waals surface area contributed by atoms with E-state index >= 15 is 0 Å². The summed E-state index contributed by atoms with van der Waals surface area (Å²) < 4.78 is 2.46. The lowest BCUT2D eigenvalue weighted by Crippen LogP contribution is -2.37. The number of hydrogen-bond acceptors (Lipinski definition) is 3. The molecule has 0 spiro atoms. The van der Waals surface area contributed by atoms with Gasteiger partial charge in [0.1, 0.15) is 5.82 Å². The summed E-state index contributed by atoms with van der Waals surface area (Å²) >= 11 is 5.52.